The minimum Gasteiger partial charge on any atom is -0.388 e. The van der Waals surface area contributed by atoms with Crippen molar-refractivity contribution < 1.29 is 5.11 Å². The van der Waals surface area contributed by atoms with Crippen LogP contribution in [-0.4, -0.2) is 14.7 Å². The molecule has 1 saturated carbocycles. The van der Waals surface area contributed by atoms with E-state index < -0.39 is 0 Å². The number of aliphatic hydroxyl groups is 1. The van der Waals surface area contributed by atoms with Crippen LogP contribution in [0.25, 0.3) is 0 Å². The second-order valence-corrected chi connectivity index (χ2v) is 2.64. The average molecular weight is 175 g/mol. The topological polar surface area (TPSA) is 38.1 Å². The lowest BCUT2D eigenvalue weighted by molar-refractivity contribution is 0.265. The highest BCUT2D eigenvalue weighted by Gasteiger charge is 2.24. The van der Waals surface area contributed by atoms with Gasteiger partial charge >= 0.3 is 0 Å². The van der Waals surface area contributed by atoms with E-state index in [1.54, 1.807) is 6.20 Å². The van der Waals surface area contributed by atoms with Crippen molar-refractivity contribution in [2.24, 2.45) is 0 Å². The first-order chi connectivity index (χ1) is 4.92. The Hall–Kier alpha value is -0.540. The summed E-state index contributed by atoms with van der Waals surface area (Å²) in [4.78, 5) is 4.01. The van der Waals surface area contributed by atoms with Gasteiger partial charge in [-0.3, -0.25) is 0 Å². The van der Waals surface area contributed by atoms with Crippen molar-refractivity contribution in [1.82, 2.24) is 9.55 Å². The molecular weight excluding hydrogens is 164 g/mol. The van der Waals surface area contributed by atoms with Crippen molar-refractivity contribution in [3.63, 3.8) is 0 Å². The molecule has 0 bridgehead atoms. The fourth-order valence-corrected chi connectivity index (χ4v) is 1.15. The van der Waals surface area contributed by atoms with Crippen molar-refractivity contribution in [2.75, 3.05) is 0 Å². The predicted molar refractivity (Wildman–Crippen MR) is 43.7 cm³/mol. The van der Waals surface area contributed by atoms with Crippen LogP contribution in [0.1, 0.15) is 24.7 Å². The van der Waals surface area contributed by atoms with E-state index >= 15 is 0 Å². The van der Waals surface area contributed by atoms with Crippen LogP contribution in [0.15, 0.2) is 12.4 Å². The molecule has 0 aromatic carbocycles. The SMILES string of the molecule is Cl.OCc1nccn1C1CC1. The van der Waals surface area contributed by atoms with Crippen LogP contribution in [0.2, 0.25) is 0 Å². The summed E-state index contributed by atoms with van der Waals surface area (Å²) in [5, 5.41) is 8.80. The summed E-state index contributed by atoms with van der Waals surface area (Å²) in [6, 6.07) is 0.629. The Kier molecular flexibility index (Phi) is 2.52. The second kappa shape index (κ2) is 3.24. The molecule has 0 atom stereocenters. The first kappa shape index (κ1) is 8.56. The third-order valence-corrected chi connectivity index (χ3v) is 1.83. The normalized spacial score (nSPS) is 16.1. The molecule has 0 unspecified atom stereocenters. The van der Waals surface area contributed by atoms with Gasteiger partial charge in [0.2, 0.25) is 0 Å². The van der Waals surface area contributed by atoms with Gasteiger partial charge in [0.05, 0.1) is 0 Å². The van der Waals surface area contributed by atoms with Gasteiger partial charge in [-0.15, -0.1) is 12.4 Å². The Morgan fingerprint density at radius 3 is 2.91 bits per heavy atom. The molecule has 0 aliphatic heterocycles. The molecule has 0 spiro atoms. The highest BCUT2D eigenvalue weighted by Crippen LogP contribution is 2.35. The van der Waals surface area contributed by atoms with Crippen molar-refractivity contribution in [1.29, 1.82) is 0 Å². The zero-order valence-electron chi connectivity index (χ0n) is 6.10. The van der Waals surface area contributed by atoms with Crippen molar-refractivity contribution >= 4 is 12.4 Å². The molecule has 4 heteroatoms. The van der Waals surface area contributed by atoms with Crippen LogP contribution >= 0.6 is 12.4 Å². The molecule has 3 nitrogen and oxygen atoms in total. The first-order valence-corrected chi connectivity index (χ1v) is 3.54. The summed E-state index contributed by atoms with van der Waals surface area (Å²) in [6.07, 6.45) is 6.15. The highest BCUT2D eigenvalue weighted by atomic mass is 35.5. The van der Waals surface area contributed by atoms with E-state index in [-0.39, 0.29) is 19.0 Å². The number of hydrogen-bond acceptors (Lipinski definition) is 2. The number of aliphatic hydroxyl groups excluding tert-OH is 1. The van der Waals surface area contributed by atoms with Gasteiger partial charge in [-0.1, -0.05) is 0 Å². The third-order valence-electron chi connectivity index (χ3n) is 1.83. The maximum Gasteiger partial charge on any atom is 0.134 e. The van der Waals surface area contributed by atoms with Crippen LogP contribution in [0.5, 0.6) is 0 Å². The zero-order chi connectivity index (χ0) is 6.97. The predicted octanol–water partition coefficient (Wildman–Crippen LogP) is 1.13. The lowest BCUT2D eigenvalue weighted by atomic mass is 10.6. The summed E-state index contributed by atoms with van der Waals surface area (Å²) in [6.45, 7) is 0.0590. The molecule has 0 radical (unpaired) electrons. The standard InChI is InChI=1S/C7H10N2O.ClH/c10-5-7-8-3-4-9(7)6-1-2-6;/h3-4,6,10H,1-2,5H2;1H. The van der Waals surface area contributed by atoms with Crippen molar-refractivity contribution in [3.05, 3.63) is 18.2 Å². The molecule has 1 aromatic rings. The van der Waals surface area contributed by atoms with E-state index in [1.165, 1.54) is 12.8 Å². The highest BCUT2D eigenvalue weighted by molar-refractivity contribution is 5.85. The number of imidazole rings is 1. The Labute approximate surface area is 71.5 Å². The monoisotopic (exact) mass is 174 g/mol. The third kappa shape index (κ3) is 1.54. The maximum absolute atomic E-state index is 8.80. The van der Waals surface area contributed by atoms with Crippen molar-refractivity contribution in [3.8, 4) is 0 Å². The average Bonchev–Trinajstić information content (AvgIpc) is 2.69. The number of halogens is 1. The van der Waals surface area contributed by atoms with Crippen LogP contribution < -0.4 is 0 Å². The lowest BCUT2D eigenvalue weighted by Gasteiger charge is -2.00. The van der Waals surface area contributed by atoms with Crippen molar-refractivity contribution in [2.45, 2.75) is 25.5 Å². The fraction of sp³-hybridized carbons (Fsp3) is 0.571. The van der Waals surface area contributed by atoms with Gasteiger partial charge in [0.15, 0.2) is 0 Å². The molecule has 1 fully saturated rings. The Balaban J connectivity index is 0.000000605. The maximum atomic E-state index is 8.80. The van der Waals surface area contributed by atoms with Gasteiger partial charge in [-0.05, 0) is 12.8 Å². The quantitative estimate of drug-likeness (QED) is 0.730. The Morgan fingerprint density at radius 1 is 1.64 bits per heavy atom. The van der Waals surface area contributed by atoms with E-state index in [0.29, 0.717) is 6.04 Å². The van der Waals surface area contributed by atoms with Crippen LogP contribution in [-0.2, 0) is 6.61 Å². The minimum absolute atomic E-state index is 0. The molecule has 0 amide bonds. The molecule has 1 aliphatic carbocycles. The molecule has 1 aliphatic rings. The van der Waals surface area contributed by atoms with E-state index in [0.717, 1.165) is 5.82 Å². The van der Waals surface area contributed by atoms with Crippen LogP contribution in [0.4, 0.5) is 0 Å². The molecule has 1 N–H and O–H groups in total. The van der Waals surface area contributed by atoms with E-state index in [1.807, 2.05) is 6.20 Å². The van der Waals surface area contributed by atoms with Gasteiger partial charge < -0.3 is 9.67 Å². The number of nitrogens with zero attached hydrogens (tertiary/aromatic N) is 2. The summed E-state index contributed by atoms with van der Waals surface area (Å²) in [5.41, 5.74) is 0. The number of aromatic nitrogens is 2. The molecular formula is C7H11ClN2O. The summed E-state index contributed by atoms with van der Waals surface area (Å²) in [7, 11) is 0. The molecule has 1 heterocycles. The summed E-state index contributed by atoms with van der Waals surface area (Å²) >= 11 is 0. The van der Waals surface area contributed by atoms with E-state index in [2.05, 4.69) is 9.55 Å². The van der Waals surface area contributed by atoms with Gasteiger partial charge in [-0.25, -0.2) is 4.98 Å². The van der Waals surface area contributed by atoms with Gasteiger partial charge in [0, 0.05) is 18.4 Å². The zero-order valence-corrected chi connectivity index (χ0v) is 6.92. The molecule has 1 aromatic heterocycles. The van der Waals surface area contributed by atoms with Crippen LogP contribution in [0, 0.1) is 0 Å². The number of rotatable bonds is 2. The molecule has 11 heavy (non-hydrogen) atoms. The van der Waals surface area contributed by atoms with E-state index in [9.17, 15) is 0 Å². The lowest BCUT2D eigenvalue weighted by Crippen LogP contribution is -1.99. The number of hydrogen-bond donors (Lipinski definition) is 1. The minimum atomic E-state index is 0. The molecule has 62 valence electrons. The first-order valence-electron chi connectivity index (χ1n) is 3.54. The van der Waals surface area contributed by atoms with Crippen LogP contribution in [0.3, 0.4) is 0 Å². The second-order valence-electron chi connectivity index (χ2n) is 2.64. The largest absolute Gasteiger partial charge is 0.388 e. The smallest absolute Gasteiger partial charge is 0.134 e. The Morgan fingerprint density at radius 2 is 2.36 bits per heavy atom. The van der Waals surface area contributed by atoms with Gasteiger partial charge in [0.1, 0.15) is 12.4 Å². The fourth-order valence-electron chi connectivity index (χ4n) is 1.15. The molecule has 2 rings (SSSR count). The van der Waals surface area contributed by atoms with Gasteiger partial charge in [-0.2, -0.15) is 0 Å². The van der Waals surface area contributed by atoms with E-state index in [4.69, 9.17) is 5.11 Å². The van der Waals surface area contributed by atoms with Gasteiger partial charge in [0.25, 0.3) is 0 Å². The summed E-state index contributed by atoms with van der Waals surface area (Å²) in [5.74, 6) is 0.794. The summed E-state index contributed by atoms with van der Waals surface area (Å²) < 4.78 is 2.06. The molecule has 0 saturated heterocycles. The Bertz CT molecular complexity index is 232.